The van der Waals surface area contributed by atoms with E-state index >= 15 is 0 Å². The second kappa shape index (κ2) is 4.81. The van der Waals surface area contributed by atoms with Gasteiger partial charge in [-0.3, -0.25) is 0 Å². The Hall–Kier alpha value is -2.90. The van der Waals surface area contributed by atoms with Crippen LogP contribution >= 0.6 is 0 Å². The summed E-state index contributed by atoms with van der Waals surface area (Å²) in [7, 11) is 0. The van der Waals surface area contributed by atoms with Gasteiger partial charge in [-0.25, -0.2) is 0 Å². The Morgan fingerprint density at radius 2 is 1.24 bits per heavy atom. The Balaban J connectivity index is 1.73. The molecular formula is C24H16O. The lowest BCUT2D eigenvalue weighted by atomic mass is 9.81. The van der Waals surface area contributed by atoms with E-state index in [0.717, 1.165) is 0 Å². The van der Waals surface area contributed by atoms with E-state index in [0.29, 0.717) is 0 Å². The van der Waals surface area contributed by atoms with Crippen LogP contribution in [0, 0.1) is 0 Å². The Morgan fingerprint density at radius 3 is 2.08 bits per heavy atom. The third kappa shape index (κ3) is 1.82. The molecule has 2 unspecified atom stereocenters. The predicted molar refractivity (Wildman–Crippen MR) is 104 cm³/mol. The third-order valence-electron chi connectivity index (χ3n) is 5.51. The Bertz CT molecular complexity index is 1130. The van der Waals surface area contributed by atoms with Gasteiger partial charge in [-0.05, 0) is 56.3 Å². The van der Waals surface area contributed by atoms with Crippen LogP contribution in [-0.4, -0.2) is 12.2 Å². The molecule has 0 spiro atoms. The molecule has 3 aromatic rings. The highest BCUT2D eigenvalue weighted by Crippen LogP contribution is 2.48. The zero-order chi connectivity index (χ0) is 16.4. The average molecular weight is 320 g/mol. The molecule has 0 fully saturated rings. The molecule has 1 nitrogen and oxygen atoms in total. The molecule has 118 valence electrons. The highest BCUT2D eigenvalue weighted by molar-refractivity contribution is 6.06. The van der Waals surface area contributed by atoms with E-state index < -0.39 is 0 Å². The minimum absolute atomic E-state index is 0.0690. The SMILES string of the molecule is C1=CC2OC1C1=C2c2cc3ccccc3cc2/C=C\c2ccccc21. The van der Waals surface area contributed by atoms with Gasteiger partial charge in [0.1, 0.15) is 12.2 Å². The van der Waals surface area contributed by atoms with Crippen LogP contribution in [0.3, 0.4) is 0 Å². The third-order valence-corrected chi connectivity index (χ3v) is 5.51. The molecule has 2 atom stereocenters. The first-order chi connectivity index (χ1) is 12.4. The fourth-order valence-corrected chi connectivity index (χ4v) is 4.38. The van der Waals surface area contributed by atoms with Crippen molar-refractivity contribution in [3.05, 3.63) is 95.1 Å². The summed E-state index contributed by atoms with van der Waals surface area (Å²) in [6.45, 7) is 0. The summed E-state index contributed by atoms with van der Waals surface area (Å²) in [6, 6.07) is 21.9. The first kappa shape index (κ1) is 13.4. The van der Waals surface area contributed by atoms with Crippen molar-refractivity contribution in [1.82, 2.24) is 0 Å². The predicted octanol–water partition coefficient (Wildman–Crippen LogP) is 5.57. The number of hydrogen-bond donors (Lipinski definition) is 0. The molecule has 0 saturated carbocycles. The highest BCUT2D eigenvalue weighted by Gasteiger charge is 2.39. The second-order valence-corrected chi connectivity index (χ2v) is 6.90. The van der Waals surface area contributed by atoms with Crippen molar-refractivity contribution < 1.29 is 4.74 Å². The summed E-state index contributed by atoms with van der Waals surface area (Å²) in [5.41, 5.74) is 7.80. The van der Waals surface area contributed by atoms with Gasteiger partial charge in [-0.2, -0.15) is 0 Å². The van der Waals surface area contributed by atoms with E-state index in [-0.39, 0.29) is 12.2 Å². The van der Waals surface area contributed by atoms with Crippen molar-refractivity contribution in [3.8, 4) is 0 Å². The van der Waals surface area contributed by atoms with E-state index in [9.17, 15) is 0 Å². The van der Waals surface area contributed by atoms with Crippen LogP contribution in [-0.2, 0) is 4.74 Å². The lowest BCUT2D eigenvalue weighted by molar-refractivity contribution is 0.143. The normalized spacial score (nSPS) is 23.8. The van der Waals surface area contributed by atoms with E-state index in [4.69, 9.17) is 4.74 Å². The average Bonchev–Trinajstić information content (AvgIpc) is 3.25. The molecular weight excluding hydrogens is 304 g/mol. The van der Waals surface area contributed by atoms with Gasteiger partial charge in [0.2, 0.25) is 0 Å². The van der Waals surface area contributed by atoms with Crippen LogP contribution in [0.25, 0.3) is 34.1 Å². The fourth-order valence-electron chi connectivity index (χ4n) is 4.38. The molecule has 1 heteroatoms. The van der Waals surface area contributed by atoms with Crippen molar-refractivity contribution in [2.75, 3.05) is 0 Å². The lowest BCUT2D eigenvalue weighted by Gasteiger charge is -2.20. The van der Waals surface area contributed by atoms with Crippen LogP contribution in [0.1, 0.15) is 22.3 Å². The monoisotopic (exact) mass is 320 g/mol. The van der Waals surface area contributed by atoms with Crippen LogP contribution in [0.15, 0.2) is 72.8 Å². The number of hydrogen-bond acceptors (Lipinski definition) is 1. The number of ether oxygens (including phenoxy) is 1. The lowest BCUT2D eigenvalue weighted by Crippen LogP contribution is -2.07. The largest absolute Gasteiger partial charge is 0.357 e. The number of fused-ring (bicyclic) bond motifs is 9. The molecule has 3 aromatic carbocycles. The van der Waals surface area contributed by atoms with Crippen molar-refractivity contribution in [2.45, 2.75) is 12.2 Å². The summed E-state index contributed by atoms with van der Waals surface area (Å²) < 4.78 is 6.24. The molecule has 2 aliphatic heterocycles. The van der Waals surface area contributed by atoms with Gasteiger partial charge in [-0.15, -0.1) is 0 Å². The standard InChI is InChI=1S/C24H16O/c1-2-7-17-14-20-18(13-16(17)6-1)10-9-15-5-3-4-8-19(15)23-21-11-12-22(25-21)24(20)23/h1-14,21-22H/b10-9-,15-9?,18-10?,23-19?,24-20?. The molecule has 25 heavy (non-hydrogen) atoms. The summed E-state index contributed by atoms with van der Waals surface area (Å²) in [6.07, 6.45) is 9.04. The molecule has 0 saturated heterocycles. The molecule has 6 rings (SSSR count). The second-order valence-electron chi connectivity index (χ2n) is 6.90. The minimum Gasteiger partial charge on any atom is -0.357 e. The van der Waals surface area contributed by atoms with Gasteiger partial charge in [0.15, 0.2) is 0 Å². The van der Waals surface area contributed by atoms with Crippen LogP contribution in [0.2, 0.25) is 0 Å². The van der Waals surface area contributed by atoms with Gasteiger partial charge in [0.05, 0.1) is 0 Å². The molecule has 3 aliphatic rings. The van der Waals surface area contributed by atoms with Gasteiger partial charge >= 0.3 is 0 Å². The molecule has 0 radical (unpaired) electrons. The zero-order valence-electron chi connectivity index (χ0n) is 13.6. The van der Waals surface area contributed by atoms with Gasteiger partial charge in [0.25, 0.3) is 0 Å². The van der Waals surface area contributed by atoms with Crippen LogP contribution < -0.4 is 0 Å². The minimum atomic E-state index is 0.0690. The van der Waals surface area contributed by atoms with Gasteiger partial charge in [0, 0.05) is 0 Å². The van der Waals surface area contributed by atoms with E-state index in [1.807, 2.05) is 0 Å². The maximum Gasteiger partial charge on any atom is 0.103 e. The Morgan fingerprint density at radius 1 is 0.600 bits per heavy atom. The Kier molecular flexibility index (Phi) is 2.58. The van der Waals surface area contributed by atoms with Crippen molar-refractivity contribution in [2.24, 2.45) is 0 Å². The molecule has 2 bridgehead atoms. The summed E-state index contributed by atoms with van der Waals surface area (Å²) >= 11 is 0. The number of rotatable bonds is 0. The van der Waals surface area contributed by atoms with Gasteiger partial charge < -0.3 is 4.74 Å². The van der Waals surface area contributed by atoms with Crippen molar-refractivity contribution in [1.29, 1.82) is 0 Å². The highest BCUT2D eigenvalue weighted by atomic mass is 16.5. The summed E-state index contributed by atoms with van der Waals surface area (Å²) in [4.78, 5) is 0. The number of benzene rings is 3. The van der Waals surface area contributed by atoms with Crippen LogP contribution in [0.5, 0.6) is 0 Å². The van der Waals surface area contributed by atoms with E-state index in [2.05, 4.69) is 85.0 Å². The van der Waals surface area contributed by atoms with Crippen molar-refractivity contribution in [3.63, 3.8) is 0 Å². The van der Waals surface area contributed by atoms with Gasteiger partial charge in [-0.1, -0.05) is 72.8 Å². The fraction of sp³-hybridized carbons (Fsp3) is 0.0833. The summed E-state index contributed by atoms with van der Waals surface area (Å²) in [5.74, 6) is 0. The van der Waals surface area contributed by atoms with E-state index in [1.165, 1.54) is 44.2 Å². The first-order valence-corrected chi connectivity index (χ1v) is 8.77. The quantitative estimate of drug-likeness (QED) is 0.492. The van der Waals surface area contributed by atoms with E-state index in [1.54, 1.807) is 0 Å². The Labute approximate surface area is 146 Å². The maximum atomic E-state index is 6.24. The molecule has 0 amide bonds. The summed E-state index contributed by atoms with van der Waals surface area (Å²) in [5, 5.41) is 2.56. The van der Waals surface area contributed by atoms with Crippen LogP contribution in [0.4, 0.5) is 0 Å². The topological polar surface area (TPSA) is 9.23 Å². The molecule has 0 aromatic heterocycles. The zero-order valence-corrected chi connectivity index (χ0v) is 13.6. The first-order valence-electron chi connectivity index (χ1n) is 8.77. The molecule has 2 heterocycles. The maximum absolute atomic E-state index is 6.24. The van der Waals surface area contributed by atoms with Crippen molar-refractivity contribution >= 4 is 34.1 Å². The molecule has 1 aliphatic carbocycles. The smallest absolute Gasteiger partial charge is 0.103 e. The molecule has 0 N–H and O–H groups in total.